The van der Waals surface area contributed by atoms with E-state index in [0.29, 0.717) is 17.0 Å². The van der Waals surface area contributed by atoms with Crippen LogP contribution in [0, 0.1) is 0 Å². The fourth-order valence-corrected chi connectivity index (χ4v) is 3.89. The van der Waals surface area contributed by atoms with E-state index in [-0.39, 0.29) is 4.90 Å². The maximum Gasteiger partial charge on any atom is 0.262 e. The zero-order chi connectivity index (χ0) is 17.4. The third-order valence-electron chi connectivity index (χ3n) is 4.00. The molecule has 0 spiro atoms. The van der Waals surface area contributed by atoms with Crippen molar-refractivity contribution in [1.82, 2.24) is 0 Å². The molecule has 0 saturated carbocycles. The molecule has 0 aliphatic rings. The number of hydrogen-bond acceptors (Lipinski definition) is 4. The highest BCUT2D eigenvalue weighted by molar-refractivity contribution is 7.92. The van der Waals surface area contributed by atoms with Gasteiger partial charge in [-0.2, -0.15) is 0 Å². The fourth-order valence-electron chi connectivity index (χ4n) is 2.80. The standard InChI is InChI=1S/C19H15NO4S/c1-23-19-11-15-14-9-5-6-10-17(14)24-18(15)12-16(19)20-25(21,22)13-7-3-2-4-8-13/h2-12,20H,1H3. The number of ether oxygens (including phenoxy) is 1. The number of rotatable bonds is 4. The van der Waals surface area contributed by atoms with Crippen molar-refractivity contribution in [3.8, 4) is 5.75 Å². The maximum atomic E-state index is 12.6. The van der Waals surface area contributed by atoms with E-state index in [1.54, 1.807) is 30.3 Å². The molecule has 4 rings (SSSR count). The Labute approximate surface area is 144 Å². The Hall–Kier alpha value is -2.99. The number of benzene rings is 3. The zero-order valence-corrected chi connectivity index (χ0v) is 14.2. The van der Waals surface area contributed by atoms with Gasteiger partial charge in [-0.15, -0.1) is 0 Å². The van der Waals surface area contributed by atoms with E-state index in [0.717, 1.165) is 16.4 Å². The lowest BCUT2D eigenvalue weighted by atomic mass is 10.1. The average Bonchev–Trinajstić information content (AvgIpc) is 2.99. The van der Waals surface area contributed by atoms with Gasteiger partial charge in [-0.25, -0.2) is 8.42 Å². The first kappa shape index (κ1) is 15.5. The summed E-state index contributed by atoms with van der Waals surface area (Å²) in [6.07, 6.45) is 0. The molecule has 6 heteroatoms. The Morgan fingerprint density at radius 3 is 2.36 bits per heavy atom. The van der Waals surface area contributed by atoms with E-state index in [2.05, 4.69) is 4.72 Å². The number of anilines is 1. The van der Waals surface area contributed by atoms with Crippen LogP contribution >= 0.6 is 0 Å². The van der Waals surface area contributed by atoms with Gasteiger partial charge < -0.3 is 9.15 Å². The summed E-state index contributed by atoms with van der Waals surface area (Å²) in [5, 5.41) is 1.82. The Morgan fingerprint density at radius 2 is 1.60 bits per heavy atom. The molecule has 0 bridgehead atoms. The summed E-state index contributed by atoms with van der Waals surface area (Å²) in [4.78, 5) is 0.182. The van der Waals surface area contributed by atoms with Gasteiger partial charge in [0, 0.05) is 16.8 Å². The highest BCUT2D eigenvalue weighted by atomic mass is 32.2. The van der Waals surface area contributed by atoms with Crippen LogP contribution in [-0.4, -0.2) is 15.5 Å². The zero-order valence-electron chi connectivity index (χ0n) is 13.4. The fraction of sp³-hybridized carbons (Fsp3) is 0.0526. The van der Waals surface area contributed by atoms with E-state index in [1.807, 2.05) is 24.3 Å². The predicted octanol–water partition coefficient (Wildman–Crippen LogP) is 4.40. The molecule has 1 aromatic heterocycles. The van der Waals surface area contributed by atoms with Crippen molar-refractivity contribution < 1.29 is 17.6 Å². The summed E-state index contributed by atoms with van der Waals surface area (Å²) in [6, 6.07) is 19.3. The van der Waals surface area contributed by atoms with Gasteiger partial charge >= 0.3 is 0 Å². The molecule has 0 radical (unpaired) electrons. The van der Waals surface area contributed by atoms with E-state index < -0.39 is 10.0 Å². The minimum atomic E-state index is -3.72. The second kappa shape index (κ2) is 5.82. The Bertz CT molecular complexity index is 1160. The molecular weight excluding hydrogens is 338 g/mol. The van der Waals surface area contributed by atoms with Crippen molar-refractivity contribution in [3.63, 3.8) is 0 Å². The smallest absolute Gasteiger partial charge is 0.262 e. The maximum absolute atomic E-state index is 12.6. The van der Waals surface area contributed by atoms with Crippen LogP contribution in [0.1, 0.15) is 0 Å². The summed E-state index contributed by atoms with van der Waals surface area (Å²) in [5.41, 5.74) is 1.66. The lowest BCUT2D eigenvalue weighted by Gasteiger charge is -2.12. The SMILES string of the molecule is COc1cc2c(cc1NS(=O)(=O)c1ccccc1)oc1ccccc12. The van der Waals surface area contributed by atoms with Crippen molar-refractivity contribution in [1.29, 1.82) is 0 Å². The second-order valence-corrected chi connectivity index (χ2v) is 7.25. The number of methoxy groups -OCH3 is 1. The predicted molar refractivity (Wildman–Crippen MR) is 97.5 cm³/mol. The second-order valence-electron chi connectivity index (χ2n) is 5.57. The van der Waals surface area contributed by atoms with Crippen LogP contribution in [0.4, 0.5) is 5.69 Å². The van der Waals surface area contributed by atoms with Crippen molar-refractivity contribution in [2.45, 2.75) is 4.90 Å². The van der Waals surface area contributed by atoms with Gasteiger partial charge in [-0.1, -0.05) is 36.4 Å². The van der Waals surface area contributed by atoms with Crippen LogP contribution in [0.15, 0.2) is 76.0 Å². The number of hydrogen-bond donors (Lipinski definition) is 1. The molecule has 0 fully saturated rings. The number of sulfonamides is 1. The Balaban J connectivity index is 1.85. The number of nitrogens with one attached hydrogen (secondary N) is 1. The van der Waals surface area contributed by atoms with E-state index in [9.17, 15) is 8.42 Å². The van der Waals surface area contributed by atoms with Gasteiger partial charge in [0.05, 0.1) is 17.7 Å². The van der Waals surface area contributed by atoms with Gasteiger partial charge in [0.25, 0.3) is 10.0 Å². The van der Waals surface area contributed by atoms with Crippen LogP contribution < -0.4 is 9.46 Å². The number of para-hydroxylation sites is 1. The quantitative estimate of drug-likeness (QED) is 0.590. The molecule has 0 unspecified atom stereocenters. The normalized spacial score (nSPS) is 11.7. The molecular formula is C19H15NO4S. The molecule has 1 heterocycles. The summed E-state index contributed by atoms with van der Waals surface area (Å²) in [6.45, 7) is 0. The lowest BCUT2D eigenvalue weighted by Crippen LogP contribution is -2.13. The largest absolute Gasteiger partial charge is 0.495 e. The summed E-state index contributed by atoms with van der Waals surface area (Å²) < 4.78 is 38.9. The molecule has 0 amide bonds. The van der Waals surface area contributed by atoms with E-state index >= 15 is 0 Å². The number of fused-ring (bicyclic) bond motifs is 3. The molecule has 1 N–H and O–H groups in total. The van der Waals surface area contributed by atoms with E-state index in [1.165, 1.54) is 19.2 Å². The average molecular weight is 353 g/mol. The lowest BCUT2D eigenvalue weighted by molar-refractivity contribution is 0.417. The van der Waals surface area contributed by atoms with Crippen LogP contribution in [0.2, 0.25) is 0 Å². The van der Waals surface area contributed by atoms with Gasteiger partial charge in [-0.3, -0.25) is 4.72 Å². The van der Waals surface area contributed by atoms with Gasteiger partial charge in [0.15, 0.2) is 0 Å². The molecule has 0 saturated heterocycles. The topological polar surface area (TPSA) is 68.5 Å². The Kier molecular flexibility index (Phi) is 3.62. The van der Waals surface area contributed by atoms with Crippen LogP contribution in [-0.2, 0) is 10.0 Å². The van der Waals surface area contributed by atoms with Crippen LogP contribution in [0.5, 0.6) is 5.75 Å². The van der Waals surface area contributed by atoms with Gasteiger partial charge in [0.1, 0.15) is 16.9 Å². The third-order valence-corrected chi connectivity index (χ3v) is 5.38. The van der Waals surface area contributed by atoms with Crippen molar-refractivity contribution >= 4 is 37.6 Å². The highest BCUT2D eigenvalue weighted by Gasteiger charge is 2.18. The Morgan fingerprint density at radius 1 is 0.880 bits per heavy atom. The van der Waals surface area contributed by atoms with Crippen LogP contribution in [0.3, 0.4) is 0 Å². The van der Waals surface area contributed by atoms with Gasteiger partial charge in [-0.05, 0) is 24.3 Å². The van der Waals surface area contributed by atoms with Crippen molar-refractivity contribution in [2.24, 2.45) is 0 Å². The van der Waals surface area contributed by atoms with Crippen LogP contribution in [0.25, 0.3) is 21.9 Å². The monoisotopic (exact) mass is 353 g/mol. The molecule has 4 aromatic rings. The summed E-state index contributed by atoms with van der Waals surface area (Å²) >= 11 is 0. The number of furan rings is 1. The first-order valence-corrected chi connectivity index (χ1v) is 9.14. The molecule has 0 aliphatic heterocycles. The first-order valence-electron chi connectivity index (χ1n) is 7.65. The minimum absolute atomic E-state index is 0.182. The molecule has 126 valence electrons. The van der Waals surface area contributed by atoms with E-state index in [4.69, 9.17) is 9.15 Å². The summed E-state index contributed by atoms with van der Waals surface area (Å²) in [5.74, 6) is 0.429. The molecule has 3 aromatic carbocycles. The molecule has 0 atom stereocenters. The third kappa shape index (κ3) is 2.70. The summed E-state index contributed by atoms with van der Waals surface area (Å²) in [7, 11) is -2.21. The minimum Gasteiger partial charge on any atom is -0.495 e. The van der Waals surface area contributed by atoms with Gasteiger partial charge in [0.2, 0.25) is 0 Å². The highest BCUT2D eigenvalue weighted by Crippen LogP contribution is 2.37. The molecule has 25 heavy (non-hydrogen) atoms. The first-order chi connectivity index (χ1) is 12.1. The molecule has 0 aliphatic carbocycles. The van der Waals surface area contributed by atoms with Crippen molar-refractivity contribution in [2.75, 3.05) is 11.8 Å². The molecule has 5 nitrogen and oxygen atoms in total. The van der Waals surface area contributed by atoms with Crippen molar-refractivity contribution in [3.05, 3.63) is 66.7 Å².